The van der Waals surface area contributed by atoms with Gasteiger partial charge in [0.05, 0.1) is 5.69 Å². The summed E-state index contributed by atoms with van der Waals surface area (Å²) in [6.45, 7) is 4.15. The first-order chi connectivity index (χ1) is 8.11. The molecule has 0 aliphatic carbocycles. The first kappa shape index (κ1) is 12.5. The molecule has 0 unspecified atom stereocenters. The van der Waals surface area contributed by atoms with E-state index in [0.29, 0.717) is 5.82 Å². The standard InChI is InChI=1S/C12H14BrN3S/c1-3-17-12-7-11(14)16(15-12)10-5-4-9(13)6-8(10)2/h4-7H,3,14H2,1-2H3. The van der Waals surface area contributed by atoms with E-state index in [4.69, 9.17) is 5.73 Å². The molecule has 1 heterocycles. The van der Waals surface area contributed by atoms with E-state index in [1.54, 1.807) is 16.4 Å². The van der Waals surface area contributed by atoms with Crippen LogP contribution in [0.2, 0.25) is 0 Å². The minimum atomic E-state index is 0.673. The number of benzene rings is 1. The summed E-state index contributed by atoms with van der Waals surface area (Å²) in [5.74, 6) is 1.67. The molecular formula is C12H14BrN3S. The highest BCUT2D eigenvalue weighted by Crippen LogP contribution is 2.25. The Morgan fingerprint density at radius 1 is 1.41 bits per heavy atom. The highest BCUT2D eigenvalue weighted by atomic mass is 79.9. The predicted octanol–water partition coefficient (Wildman–Crippen LogP) is 3.64. The van der Waals surface area contributed by atoms with Gasteiger partial charge in [-0.1, -0.05) is 22.9 Å². The number of nitrogens with two attached hydrogens (primary N) is 1. The van der Waals surface area contributed by atoms with Crippen LogP contribution < -0.4 is 5.73 Å². The van der Waals surface area contributed by atoms with Gasteiger partial charge in [0, 0.05) is 10.5 Å². The predicted molar refractivity (Wildman–Crippen MR) is 76.8 cm³/mol. The molecule has 0 spiro atoms. The Kier molecular flexibility index (Phi) is 3.79. The van der Waals surface area contributed by atoms with Crippen molar-refractivity contribution in [1.82, 2.24) is 9.78 Å². The maximum Gasteiger partial charge on any atom is 0.128 e. The van der Waals surface area contributed by atoms with Gasteiger partial charge in [-0.15, -0.1) is 11.8 Å². The van der Waals surface area contributed by atoms with Gasteiger partial charge in [-0.25, -0.2) is 4.68 Å². The first-order valence-corrected chi connectivity index (χ1v) is 7.14. The molecular weight excluding hydrogens is 298 g/mol. The average Bonchev–Trinajstić information content (AvgIpc) is 2.60. The number of anilines is 1. The molecule has 0 amide bonds. The Bertz CT molecular complexity index is 537. The van der Waals surface area contributed by atoms with Crippen molar-refractivity contribution >= 4 is 33.5 Å². The maximum atomic E-state index is 5.99. The summed E-state index contributed by atoms with van der Waals surface area (Å²) in [5, 5.41) is 5.46. The Labute approximate surface area is 114 Å². The molecule has 0 saturated heterocycles. The van der Waals surface area contributed by atoms with Gasteiger partial charge in [0.25, 0.3) is 0 Å². The zero-order valence-electron chi connectivity index (χ0n) is 9.77. The van der Waals surface area contributed by atoms with Crippen LogP contribution in [-0.4, -0.2) is 15.5 Å². The molecule has 5 heteroatoms. The number of thioether (sulfide) groups is 1. The van der Waals surface area contributed by atoms with Crippen LogP contribution in [-0.2, 0) is 0 Å². The lowest BCUT2D eigenvalue weighted by Crippen LogP contribution is -2.03. The van der Waals surface area contributed by atoms with Crippen LogP contribution in [0.15, 0.2) is 33.8 Å². The van der Waals surface area contributed by atoms with Crippen molar-refractivity contribution < 1.29 is 0 Å². The summed E-state index contributed by atoms with van der Waals surface area (Å²) in [4.78, 5) is 0. The summed E-state index contributed by atoms with van der Waals surface area (Å²) >= 11 is 5.15. The third kappa shape index (κ3) is 2.66. The van der Waals surface area contributed by atoms with Gasteiger partial charge in [0.15, 0.2) is 0 Å². The molecule has 2 rings (SSSR count). The number of nitrogens with zero attached hydrogens (tertiary/aromatic N) is 2. The number of hydrogen-bond acceptors (Lipinski definition) is 3. The number of rotatable bonds is 3. The Hall–Kier alpha value is -0.940. The normalized spacial score (nSPS) is 10.8. The van der Waals surface area contributed by atoms with Crippen LogP contribution >= 0.6 is 27.7 Å². The van der Waals surface area contributed by atoms with Gasteiger partial charge in [0.1, 0.15) is 10.8 Å². The summed E-state index contributed by atoms with van der Waals surface area (Å²) in [6, 6.07) is 7.98. The Morgan fingerprint density at radius 2 is 2.18 bits per heavy atom. The number of hydrogen-bond donors (Lipinski definition) is 1. The topological polar surface area (TPSA) is 43.8 Å². The molecule has 1 aromatic carbocycles. The SMILES string of the molecule is CCSc1cc(N)n(-c2ccc(Br)cc2C)n1. The summed E-state index contributed by atoms with van der Waals surface area (Å²) in [7, 11) is 0. The monoisotopic (exact) mass is 311 g/mol. The van der Waals surface area contributed by atoms with Crippen LogP contribution in [0.5, 0.6) is 0 Å². The molecule has 0 bridgehead atoms. The van der Waals surface area contributed by atoms with Crippen molar-refractivity contribution in [2.24, 2.45) is 0 Å². The minimum absolute atomic E-state index is 0.673. The van der Waals surface area contributed by atoms with Gasteiger partial charge in [-0.2, -0.15) is 5.10 Å². The van der Waals surface area contributed by atoms with E-state index < -0.39 is 0 Å². The fraction of sp³-hybridized carbons (Fsp3) is 0.250. The average molecular weight is 312 g/mol. The number of nitrogen functional groups attached to an aromatic ring is 1. The summed E-state index contributed by atoms with van der Waals surface area (Å²) in [6.07, 6.45) is 0. The smallest absolute Gasteiger partial charge is 0.128 e. The molecule has 17 heavy (non-hydrogen) atoms. The molecule has 2 N–H and O–H groups in total. The third-order valence-corrected chi connectivity index (χ3v) is 3.67. The van der Waals surface area contributed by atoms with Crippen LogP contribution in [0.1, 0.15) is 12.5 Å². The second-order valence-corrected chi connectivity index (χ2v) is 5.88. The van der Waals surface area contributed by atoms with Crippen molar-refractivity contribution in [2.75, 3.05) is 11.5 Å². The second kappa shape index (κ2) is 5.14. The van der Waals surface area contributed by atoms with E-state index in [-0.39, 0.29) is 0 Å². The van der Waals surface area contributed by atoms with E-state index in [0.717, 1.165) is 26.5 Å². The van der Waals surface area contributed by atoms with Crippen molar-refractivity contribution in [2.45, 2.75) is 18.9 Å². The zero-order valence-corrected chi connectivity index (χ0v) is 12.2. The fourth-order valence-electron chi connectivity index (χ4n) is 1.64. The van der Waals surface area contributed by atoms with Crippen molar-refractivity contribution in [3.05, 3.63) is 34.3 Å². The molecule has 2 aromatic rings. The van der Waals surface area contributed by atoms with Gasteiger partial charge in [-0.3, -0.25) is 0 Å². The zero-order chi connectivity index (χ0) is 12.4. The van der Waals surface area contributed by atoms with E-state index in [2.05, 4.69) is 34.0 Å². The molecule has 1 aromatic heterocycles. The molecule has 0 atom stereocenters. The number of aromatic nitrogens is 2. The van der Waals surface area contributed by atoms with Crippen molar-refractivity contribution in [3.8, 4) is 5.69 Å². The highest BCUT2D eigenvalue weighted by Gasteiger charge is 2.09. The van der Waals surface area contributed by atoms with E-state index in [9.17, 15) is 0 Å². The first-order valence-electron chi connectivity index (χ1n) is 5.36. The molecule has 0 fully saturated rings. The van der Waals surface area contributed by atoms with Gasteiger partial charge in [0.2, 0.25) is 0 Å². The Balaban J connectivity index is 2.45. The maximum absolute atomic E-state index is 5.99. The van der Waals surface area contributed by atoms with Crippen LogP contribution in [0, 0.1) is 6.92 Å². The largest absolute Gasteiger partial charge is 0.384 e. The summed E-state index contributed by atoms with van der Waals surface area (Å²) in [5.41, 5.74) is 8.15. The minimum Gasteiger partial charge on any atom is -0.384 e. The van der Waals surface area contributed by atoms with Crippen LogP contribution in [0.4, 0.5) is 5.82 Å². The summed E-state index contributed by atoms with van der Waals surface area (Å²) < 4.78 is 2.85. The number of halogens is 1. The van der Waals surface area contributed by atoms with Gasteiger partial charge >= 0.3 is 0 Å². The Morgan fingerprint density at radius 3 is 2.82 bits per heavy atom. The lowest BCUT2D eigenvalue weighted by molar-refractivity contribution is 0.839. The second-order valence-electron chi connectivity index (χ2n) is 3.68. The fourth-order valence-corrected chi connectivity index (χ4v) is 2.76. The van der Waals surface area contributed by atoms with Crippen LogP contribution in [0.25, 0.3) is 5.69 Å². The van der Waals surface area contributed by atoms with Crippen molar-refractivity contribution in [3.63, 3.8) is 0 Å². The lowest BCUT2D eigenvalue weighted by Gasteiger charge is -2.07. The quantitative estimate of drug-likeness (QED) is 0.880. The third-order valence-electron chi connectivity index (χ3n) is 2.39. The molecule has 90 valence electrons. The number of aryl methyl sites for hydroxylation is 1. The van der Waals surface area contributed by atoms with E-state index in [1.807, 2.05) is 25.1 Å². The molecule has 0 saturated carbocycles. The molecule has 0 radical (unpaired) electrons. The van der Waals surface area contributed by atoms with E-state index >= 15 is 0 Å². The molecule has 3 nitrogen and oxygen atoms in total. The van der Waals surface area contributed by atoms with E-state index in [1.165, 1.54) is 0 Å². The molecule has 0 aliphatic rings. The highest BCUT2D eigenvalue weighted by molar-refractivity contribution is 9.10. The lowest BCUT2D eigenvalue weighted by atomic mass is 10.2. The van der Waals surface area contributed by atoms with Crippen LogP contribution in [0.3, 0.4) is 0 Å². The molecule has 0 aliphatic heterocycles. The van der Waals surface area contributed by atoms with Gasteiger partial charge < -0.3 is 5.73 Å². The van der Waals surface area contributed by atoms with Crippen molar-refractivity contribution in [1.29, 1.82) is 0 Å². The van der Waals surface area contributed by atoms with Gasteiger partial charge in [-0.05, 0) is 36.4 Å².